The van der Waals surface area contributed by atoms with Crippen molar-refractivity contribution in [2.75, 3.05) is 0 Å². The molecule has 0 saturated carbocycles. The summed E-state index contributed by atoms with van der Waals surface area (Å²) in [5.41, 5.74) is 2.60. The van der Waals surface area contributed by atoms with E-state index in [1.165, 1.54) is 6.08 Å². The second-order valence-electron chi connectivity index (χ2n) is 4.17. The Morgan fingerprint density at radius 2 is 2.20 bits per heavy atom. The number of allylic oxidation sites excluding steroid dienone is 1. The van der Waals surface area contributed by atoms with Crippen molar-refractivity contribution in [3.8, 4) is 11.8 Å². The highest BCUT2D eigenvalue weighted by Crippen LogP contribution is 2.23. The summed E-state index contributed by atoms with van der Waals surface area (Å²) in [6, 6.07) is 9.42. The molecule has 0 aliphatic carbocycles. The predicted octanol–water partition coefficient (Wildman–Crippen LogP) is 3.61. The highest BCUT2D eigenvalue weighted by Gasteiger charge is 2.05. The lowest BCUT2D eigenvalue weighted by molar-refractivity contribution is 0.886. The van der Waals surface area contributed by atoms with Crippen molar-refractivity contribution in [3.05, 3.63) is 59.5 Å². The van der Waals surface area contributed by atoms with Gasteiger partial charge in [0.15, 0.2) is 0 Å². The Kier molecular flexibility index (Phi) is 3.20. The molecule has 0 saturated heterocycles. The van der Waals surface area contributed by atoms with E-state index in [9.17, 15) is 0 Å². The first-order chi connectivity index (χ1) is 9.78. The number of pyridine rings is 1. The molecule has 0 N–H and O–H groups in total. The molecule has 2 heterocycles. The normalized spacial score (nSPS) is 11.0. The summed E-state index contributed by atoms with van der Waals surface area (Å²) in [6.07, 6.45) is 8.42. The van der Waals surface area contributed by atoms with Gasteiger partial charge in [0.2, 0.25) is 0 Å². The van der Waals surface area contributed by atoms with E-state index in [1.54, 1.807) is 23.2 Å². The Hall–Kier alpha value is -2.64. The van der Waals surface area contributed by atoms with Crippen LogP contribution in [0.15, 0.2) is 48.9 Å². The number of halogens is 1. The average molecular weight is 281 g/mol. The zero-order chi connectivity index (χ0) is 13.9. The summed E-state index contributed by atoms with van der Waals surface area (Å²) < 4.78 is 1.76. The lowest BCUT2D eigenvalue weighted by atomic mass is 10.2. The number of hydrogen-bond acceptors (Lipinski definition) is 3. The van der Waals surface area contributed by atoms with E-state index < -0.39 is 0 Å². The average Bonchev–Trinajstić information content (AvgIpc) is 2.92. The van der Waals surface area contributed by atoms with Crippen LogP contribution in [0.5, 0.6) is 0 Å². The van der Waals surface area contributed by atoms with Crippen LogP contribution in [0, 0.1) is 11.3 Å². The van der Waals surface area contributed by atoms with Gasteiger partial charge in [0, 0.05) is 34.4 Å². The SMILES string of the molecule is N#CC=Cc1cnn(-c2ccnc3cc(Cl)ccc23)c1. The third-order valence-corrected chi connectivity index (χ3v) is 3.12. The second kappa shape index (κ2) is 5.16. The zero-order valence-electron chi connectivity index (χ0n) is 10.4. The number of nitrogens with zero attached hydrogens (tertiary/aromatic N) is 4. The van der Waals surface area contributed by atoms with Crippen LogP contribution in [0.1, 0.15) is 5.56 Å². The van der Waals surface area contributed by atoms with Crippen molar-refractivity contribution in [1.82, 2.24) is 14.8 Å². The van der Waals surface area contributed by atoms with Gasteiger partial charge in [-0.25, -0.2) is 4.68 Å². The molecule has 1 aromatic carbocycles. The topological polar surface area (TPSA) is 54.5 Å². The number of fused-ring (bicyclic) bond motifs is 1. The molecular formula is C15H9ClN4. The number of nitriles is 1. The van der Waals surface area contributed by atoms with Crippen LogP contribution in [-0.2, 0) is 0 Å². The Morgan fingerprint density at radius 3 is 3.05 bits per heavy atom. The molecule has 0 bridgehead atoms. The van der Waals surface area contributed by atoms with Crippen LogP contribution in [0.25, 0.3) is 22.7 Å². The van der Waals surface area contributed by atoms with Crippen LogP contribution >= 0.6 is 11.6 Å². The molecule has 0 aliphatic rings. The van der Waals surface area contributed by atoms with Gasteiger partial charge in [-0.1, -0.05) is 11.6 Å². The number of benzene rings is 1. The maximum atomic E-state index is 8.53. The first kappa shape index (κ1) is 12.4. The van der Waals surface area contributed by atoms with Gasteiger partial charge in [-0.2, -0.15) is 10.4 Å². The lowest BCUT2D eigenvalue weighted by Gasteiger charge is -2.05. The van der Waals surface area contributed by atoms with Gasteiger partial charge in [0.1, 0.15) is 0 Å². The highest BCUT2D eigenvalue weighted by molar-refractivity contribution is 6.31. The minimum absolute atomic E-state index is 0.653. The van der Waals surface area contributed by atoms with Crippen LogP contribution in [0.4, 0.5) is 0 Å². The van der Waals surface area contributed by atoms with E-state index in [-0.39, 0.29) is 0 Å². The fourth-order valence-electron chi connectivity index (χ4n) is 1.99. The maximum absolute atomic E-state index is 8.53. The summed E-state index contributed by atoms with van der Waals surface area (Å²) in [5, 5.41) is 14.5. The van der Waals surface area contributed by atoms with Gasteiger partial charge in [-0.15, -0.1) is 0 Å². The van der Waals surface area contributed by atoms with E-state index in [0.717, 1.165) is 22.2 Å². The Labute approximate surface area is 120 Å². The summed E-state index contributed by atoms with van der Waals surface area (Å²) in [5.74, 6) is 0. The third kappa shape index (κ3) is 2.27. The number of aromatic nitrogens is 3. The molecule has 20 heavy (non-hydrogen) atoms. The Balaban J connectivity index is 2.12. The van der Waals surface area contributed by atoms with E-state index >= 15 is 0 Å². The van der Waals surface area contributed by atoms with Gasteiger partial charge in [0.25, 0.3) is 0 Å². The molecule has 0 atom stereocenters. The monoisotopic (exact) mass is 280 g/mol. The minimum Gasteiger partial charge on any atom is -0.256 e. The van der Waals surface area contributed by atoms with Gasteiger partial charge in [-0.3, -0.25) is 4.98 Å². The Bertz CT molecular complexity index is 842. The molecule has 4 nitrogen and oxygen atoms in total. The van der Waals surface area contributed by atoms with E-state index in [2.05, 4.69) is 10.1 Å². The van der Waals surface area contributed by atoms with Crippen molar-refractivity contribution < 1.29 is 0 Å². The summed E-state index contributed by atoms with van der Waals surface area (Å²) in [6.45, 7) is 0. The predicted molar refractivity (Wildman–Crippen MR) is 78.5 cm³/mol. The Morgan fingerprint density at radius 1 is 1.30 bits per heavy atom. The molecule has 3 rings (SSSR count). The van der Waals surface area contributed by atoms with Crippen LogP contribution in [0.3, 0.4) is 0 Å². The second-order valence-corrected chi connectivity index (χ2v) is 4.61. The molecule has 5 heteroatoms. The standard InChI is InChI=1S/C15H9ClN4/c16-12-3-4-13-14(8-12)18-7-5-15(13)20-10-11(9-19-20)2-1-6-17/h1-5,7-10H. The smallest absolute Gasteiger partial charge is 0.0912 e. The third-order valence-electron chi connectivity index (χ3n) is 2.88. The van der Waals surface area contributed by atoms with Gasteiger partial charge in [0.05, 0.1) is 23.5 Å². The van der Waals surface area contributed by atoms with Gasteiger partial charge in [-0.05, 0) is 30.3 Å². The molecule has 0 aliphatic heterocycles. The summed E-state index contributed by atoms with van der Waals surface area (Å²) in [7, 11) is 0. The van der Waals surface area contributed by atoms with Crippen LogP contribution in [0.2, 0.25) is 5.02 Å². The van der Waals surface area contributed by atoms with Crippen molar-refractivity contribution in [2.45, 2.75) is 0 Å². The van der Waals surface area contributed by atoms with Gasteiger partial charge >= 0.3 is 0 Å². The molecule has 2 aromatic heterocycles. The van der Waals surface area contributed by atoms with Crippen LogP contribution < -0.4 is 0 Å². The molecule has 0 radical (unpaired) electrons. The molecule has 0 fully saturated rings. The van der Waals surface area contributed by atoms with Crippen molar-refractivity contribution in [2.24, 2.45) is 0 Å². The molecule has 0 unspecified atom stereocenters. The fraction of sp³-hybridized carbons (Fsp3) is 0. The van der Waals surface area contributed by atoms with Crippen LogP contribution in [-0.4, -0.2) is 14.8 Å². The van der Waals surface area contributed by atoms with Crippen molar-refractivity contribution >= 4 is 28.6 Å². The maximum Gasteiger partial charge on any atom is 0.0912 e. The molecule has 3 aromatic rings. The van der Waals surface area contributed by atoms with E-state index in [4.69, 9.17) is 16.9 Å². The first-order valence-electron chi connectivity index (χ1n) is 5.93. The first-order valence-corrected chi connectivity index (χ1v) is 6.31. The summed E-state index contributed by atoms with van der Waals surface area (Å²) >= 11 is 5.98. The quantitative estimate of drug-likeness (QED) is 0.674. The van der Waals surface area contributed by atoms with Crippen molar-refractivity contribution in [3.63, 3.8) is 0 Å². The number of hydrogen-bond donors (Lipinski definition) is 0. The molecule has 0 amide bonds. The highest BCUT2D eigenvalue weighted by atomic mass is 35.5. The van der Waals surface area contributed by atoms with E-state index in [1.807, 2.05) is 36.5 Å². The molecule has 96 valence electrons. The lowest BCUT2D eigenvalue weighted by Crippen LogP contribution is -1.96. The summed E-state index contributed by atoms with van der Waals surface area (Å²) in [4.78, 5) is 4.30. The number of rotatable bonds is 2. The zero-order valence-corrected chi connectivity index (χ0v) is 11.1. The molecular weight excluding hydrogens is 272 g/mol. The van der Waals surface area contributed by atoms with E-state index in [0.29, 0.717) is 5.02 Å². The van der Waals surface area contributed by atoms with Crippen molar-refractivity contribution in [1.29, 1.82) is 5.26 Å². The fourth-order valence-corrected chi connectivity index (χ4v) is 2.16. The molecule has 0 spiro atoms. The largest absolute Gasteiger partial charge is 0.256 e. The van der Waals surface area contributed by atoms with Gasteiger partial charge < -0.3 is 0 Å². The minimum atomic E-state index is 0.653.